The Morgan fingerprint density at radius 2 is 1.79 bits per heavy atom. The van der Waals surface area contributed by atoms with Crippen molar-refractivity contribution in [2.24, 2.45) is 0 Å². The Hall–Kier alpha value is -2.17. The average molecular weight is 344 g/mol. The second kappa shape index (κ2) is 7.60. The van der Waals surface area contributed by atoms with Crippen molar-refractivity contribution in [2.45, 2.75) is 19.9 Å². The Kier molecular flexibility index (Phi) is 5.28. The average Bonchev–Trinajstić information content (AvgIpc) is 2.88. The largest absolute Gasteiger partial charge is 0.312 e. The van der Waals surface area contributed by atoms with Crippen LogP contribution in [0.5, 0.6) is 0 Å². The summed E-state index contributed by atoms with van der Waals surface area (Å²) in [6.45, 7) is 3.44. The second-order valence-electron chi connectivity index (χ2n) is 5.66. The van der Waals surface area contributed by atoms with E-state index in [1.807, 2.05) is 25.1 Å². The topological polar surface area (TPSA) is 29.9 Å². The van der Waals surface area contributed by atoms with Crippen LogP contribution in [-0.2, 0) is 13.0 Å². The molecule has 0 aliphatic rings. The summed E-state index contributed by atoms with van der Waals surface area (Å²) in [5.74, 6) is -0.276. The highest BCUT2D eigenvalue weighted by Crippen LogP contribution is 2.23. The van der Waals surface area contributed by atoms with Gasteiger partial charge in [0.05, 0.1) is 11.4 Å². The summed E-state index contributed by atoms with van der Waals surface area (Å²) in [5, 5.41) is 8.44. The Morgan fingerprint density at radius 3 is 2.50 bits per heavy atom. The number of hydrogen-bond acceptors (Lipinski definition) is 2. The molecule has 1 aromatic heterocycles. The van der Waals surface area contributed by atoms with E-state index in [9.17, 15) is 4.39 Å². The Bertz CT molecular complexity index is 797. The van der Waals surface area contributed by atoms with E-state index in [1.54, 1.807) is 16.8 Å². The molecule has 124 valence electrons. The molecule has 0 spiro atoms. The first-order valence-electron chi connectivity index (χ1n) is 7.90. The van der Waals surface area contributed by atoms with Crippen LogP contribution in [0, 0.1) is 12.7 Å². The summed E-state index contributed by atoms with van der Waals surface area (Å²) in [5.41, 5.74) is 3.89. The van der Waals surface area contributed by atoms with Crippen molar-refractivity contribution in [3.63, 3.8) is 0 Å². The molecule has 0 aliphatic carbocycles. The third kappa shape index (κ3) is 3.83. The van der Waals surface area contributed by atoms with E-state index in [0.29, 0.717) is 11.7 Å². The molecule has 0 atom stereocenters. The second-order valence-corrected chi connectivity index (χ2v) is 6.01. The minimum Gasteiger partial charge on any atom is -0.312 e. The molecular formula is C19H19ClFN3. The van der Waals surface area contributed by atoms with Crippen molar-refractivity contribution < 1.29 is 4.39 Å². The van der Waals surface area contributed by atoms with Crippen LogP contribution in [0.4, 0.5) is 4.39 Å². The van der Waals surface area contributed by atoms with Crippen molar-refractivity contribution >= 4 is 11.6 Å². The van der Waals surface area contributed by atoms with Gasteiger partial charge in [-0.3, -0.25) is 0 Å². The first-order valence-corrected chi connectivity index (χ1v) is 8.27. The third-order valence-corrected chi connectivity index (χ3v) is 4.32. The van der Waals surface area contributed by atoms with E-state index in [0.717, 1.165) is 29.9 Å². The van der Waals surface area contributed by atoms with E-state index >= 15 is 0 Å². The van der Waals surface area contributed by atoms with Crippen molar-refractivity contribution in [2.75, 3.05) is 6.54 Å². The molecule has 24 heavy (non-hydrogen) atoms. The van der Waals surface area contributed by atoms with Crippen molar-refractivity contribution in [1.82, 2.24) is 15.1 Å². The van der Waals surface area contributed by atoms with Crippen LogP contribution in [0.15, 0.2) is 54.6 Å². The molecule has 3 nitrogen and oxygen atoms in total. The van der Waals surface area contributed by atoms with E-state index in [4.69, 9.17) is 11.6 Å². The van der Waals surface area contributed by atoms with Crippen LogP contribution in [-0.4, -0.2) is 16.3 Å². The molecule has 0 amide bonds. The fourth-order valence-corrected chi connectivity index (χ4v) is 2.92. The van der Waals surface area contributed by atoms with Crippen LogP contribution in [0.3, 0.4) is 0 Å². The lowest BCUT2D eigenvalue weighted by Crippen LogP contribution is -2.17. The lowest BCUT2D eigenvalue weighted by molar-refractivity contribution is 0.627. The molecule has 0 aliphatic heterocycles. The zero-order valence-corrected chi connectivity index (χ0v) is 14.2. The van der Waals surface area contributed by atoms with Gasteiger partial charge in [-0.1, -0.05) is 41.9 Å². The molecule has 0 unspecified atom stereocenters. The highest BCUT2D eigenvalue weighted by atomic mass is 35.5. The van der Waals surface area contributed by atoms with Gasteiger partial charge in [0.25, 0.3) is 0 Å². The maximum atomic E-state index is 13.1. The molecule has 0 radical (unpaired) electrons. The molecule has 0 saturated carbocycles. The number of hydrogen-bond donors (Lipinski definition) is 1. The van der Waals surface area contributed by atoms with Gasteiger partial charge < -0.3 is 5.32 Å². The number of aromatic nitrogens is 2. The summed E-state index contributed by atoms with van der Waals surface area (Å²) in [6.07, 6.45) is 0.962. The summed E-state index contributed by atoms with van der Waals surface area (Å²) in [6, 6.07) is 16.5. The lowest BCUT2D eigenvalue weighted by atomic mass is 10.1. The molecule has 0 saturated heterocycles. The van der Waals surface area contributed by atoms with Gasteiger partial charge in [-0.15, -0.1) is 0 Å². The van der Waals surface area contributed by atoms with Crippen molar-refractivity contribution in [3.8, 4) is 5.69 Å². The lowest BCUT2D eigenvalue weighted by Gasteiger charge is -2.06. The number of aryl methyl sites for hydroxylation is 1. The highest BCUT2D eigenvalue weighted by Gasteiger charge is 2.14. The summed E-state index contributed by atoms with van der Waals surface area (Å²) < 4.78 is 14.7. The third-order valence-electron chi connectivity index (χ3n) is 3.93. The Balaban J connectivity index is 1.65. The molecule has 0 bridgehead atoms. The number of halogens is 2. The molecule has 1 heterocycles. The fourth-order valence-electron chi connectivity index (χ4n) is 2.58. The van der Waals surface area contributed by atoms with Crippen LogP contribution in [0.2, 0.25) is 5.15 Å². The zero-order chi connectivity index (χ0) is 16.9. The van der Waals surface area contributed by atoms with Gasteiger partial charge in [0, 0.05) is 12.1 Å². The van der Waals surface area contributed by atoms with Gasteiger partial charge >= 0.3 is 0 Å². The quantitative estimate of drug-likeness (QED) is 0.676. The predicted octanol–water partition coefficient (Wildman–Crippen LogP) is 4.31. The SMILES string of the molecule is Cc1nn(-c2ccc(F)cc2)c(Cl)c1CNCCc1ccccc1. The standard InChI is InChI=1S/C19H19ClFN3/c1-14-18(13-22-12-11-15-5-3-2-4-6-15)19(20)24(23-14)17-9-7-16(21)8-10-17/h2-10,22H,11-13H2,1H3. The first kappa shape index (κ1) is 16.7. The summed E-state index contributed by atoms with van der Waals surface area (Å²) in [7, 11) is 0. The zero-order valence-electron chi connectivity index (χ0n) is 13.5. The van der Waals surface area contributed by atoms with Crippen LogP contribution in [0.1, 0.15) is 16.8 Å². The molecular weight excluding hydrogens is 325 g/mol. The molecule has 0 fully saturated rings. The van der Waals surface area contributed by atoms with Gasteiger partial charge in [0.15, 0.2) is 0 Å². The predicted molar refractivity (Wildman–Crippen MR) is 95.1 cm³/mol. The van der Waals surface area contributed by atoms with E-state index in [1.165, 1.54) is 17.7 Å². The first-order chi connectivity index (χ1) is 11.6. The molecule has 3 aromatic rings. The highest BCUT2D eigenvalue weighted by molar-refractivity contribution is 6.30. The minimum atomic E-state index is -0.276. The van der Waals surface area contributed by atoms with Gasteiger partial charge in [0.2, 0.25) is 0 Å². The number of rotatable bonds is 6. The summed E-state index contributed by atoms with van der Waals surface area (Å²) >= 11 is 6.47. The van der Waals surface area contributed by atoms with Gasteiger partial charge in [0.1, 0.15) is 11.0 Å². The van der Waals surface area contributed by atoms with Crippen LogP contribution >= 0.6 is 11.6 Å². The molecule has 5 heteroatoms. The number of nitrogens with zero attached hydrogens (tertiary/aromatic N) is 2. The minimum absolute atomic E-state index is 0.276. The monoisotopic (exact) mass is 343 g/mol. The fraction of sp³-hybridized carbons (Fsp3) is 0.211. The maximum absolute atomic E-state index is 13.1. The summed E-state index contributed by atoms with van der Waals surface area (Å²) in [4.78, 5) is 0. The van der Waals surface area contributed by atoms with Crippen LogP contribution in [0.25, 0.3) is 5.69 Å². The molecule has 2 aromatic carbocycles. The van der Waals surface area contributed by atoms with Gasteiger partial charge in [-0.05, 0) is 49.7 Å². The van der Waals surface area contributed by atoms with Gasteiger partial charge in [-0.25, -0.2) is 9.07 Å². The Morgan fingerprint density at radius 1 is 1.08 bits per heavy atom. The smallest absolute Gasteiger partial charge is 0.137 e. The van der Waals surface area contributed by atoms with E-state index < -0.39 is 0 Å². The van der Waals surface area contributed by atoms with E-state index in [-0.39, 0.29) is 5.82 Å². The molecule has 1 N–H and O–H groups in total. The maximum Gasteiger partial charge on any atom is 0.137 e. The van der Waals surface area contributed by atoms with Crippen molar-refractivity contribution in [3.05, 3.63) is 82.4 Å². The Labute approximate surface area is 146 Å². The van der Waals surface area contributed by atoms with E-state index in [2.05, 4.69) is 22.5 Å². The normalized spacial score (nSPS) is 11.0. The van der Waals surface area contributed by atoms with Gasteiger partial charge in [-0.2, -0.15) is 5.10 Å². The number of benzene rings is 2. The molecule has 3 rings (SSSR count). The van der Waals surface area contributed by atoms with Crippen LogP contribution < -0.4 is 5.32 Å². The number of nitrogens with one attached hydrogen (secondary N) is 1. The van der Waals surface area contributed by atoms with Crippen molar-refractivity contribution in [1.29, 1.82) is 0 Å².